The molecule has 0 aliphatic rings. The van der Waals surface area contributed by atoms with Crippen molar-refractivity contribution in [2.24, 2.45) is 0 Å². The lowest BCUT2D eigenvalue weighted by Crippen LogP contribution is -2.45. The maximum absolute atomic E-state index is 13.0. The molecule has 0 fully saturated rings. The van der Waals surface area contributed by atoms with Gasteiger partial charge in [0.25, 0.3) is 0 Å². The number of halogens is 4. The Morgan fingerprint density at radius 2 is 1.46 bits per heavy atom. The Morgan fingerprint density at radius 3 is 1.97 bits per heavy atom. The van der Waals surface area contributed by atoms with E-state index in [2.05, 4.69) is 88.0 Å². The summed E-state index contributed by atoms with van der Waals surface area (Å²) in [7, 11) is 9.58. The summed E-state index contributed by atoms with van der Waals surface area (Å²) in [6, 6.07) is 7.79. The molecule has 2 aromatic carbocycles. The van der Waals surface area contributed by atoms with Crippen LogP contribution in [0.3, 0.4) is 0 Å². The summed E-state index contributed by atoms with van der Waals surface area (Å²) >= 11 is 14.3. The van der Waals surface area contributed by atoms with Gasteiger partial charge in [-0.2, -0.15) is 0 Å². The highest BCUT2D eigenvalue weighted by Gasteiger charge is 2.22. The third-order valence-corrected chi connectivity index (χ3v) is 7.74. The highest BCUT2D eigenvalue weighted by molar-refractivity contribution is 9.11. The number of amides is 1. The molecule has 0 aliphatic heterocycles. The van der Waals surface area contributed by atoms with Gasteiger partial charge in [0, 0.05) is 13.1 Å². The first-order valence-electron chi connectivity index (χ1n) is 11.2. The number of likely N-dealkylation sites (N-methyl/N-ethyl adjacent to an activating group) is 1. The Hall–Kier alpha value is -0.650. The van der Waals surface area contributed by atoms with Crippen LogP contribution in [-0.4, -0.2) is 76.7 Å². The van der Waals surface area contributed by atoms with E-state index in [1.165, 1.54) is 0 Å². The number of nitrogens with zero attached hydrogens (tertiary/aromatic N) is 2. The molecule has 0 aliphatic carbocycles. The van der Waals surface area contributed by atoms with Crippen molar-refractivity contribution in [3.63, 3.8) is 0 Å². The number of methoxy groups -OCH3 is 1. The average Bonchev–Trinajstić information content (AvgIpc) is 2.75. The van der Waals surface area contributed by atoms with Gasteiger partial charge in [-0.05, 0) is 147 Å². The zero-order valence-electron chi connectivity index (χ0n) is 20.8. The van der Waals surface area contributed by atoms with Crippen molar-refractivity contribution in [1.29, 1.82) is 0 Å². The molecule has 0 spiro atoms. The monoisotopic (exact) mass is 739 g/mol. The van der Waals surface area contributed by atoms with Gasteiger partial charge in [-0.25, -0.2) is 0 Å². The molecule has 2 aromatic rings. The molecule has 6 nitrogen and oxygen atoms in total. The largest absolute Gasteiger partial charge is 0.494 e. The van der Waals surface area contributed by atoms with E-state index < -0.39 is 0 Å². The van der Waals surface area contributed by atoms with Crippen LogP contribution >= 0.6 is 63.7 Å². The van der Waals surface area contributed by atoms with Crippen LogP contribution in [0.1, 0.15) is 17.5 Å². The van der Waals surface area contributed by atoms with E-state index in [0.717, 1.165) is 53.5 Å². The molecule has 1 amide bonds. The van der Waals surface area contributed by atoms with E-state index in [0.29, 0.717) is 26.0 Å². The van der Waals surface area contributed by atoms with E-state index >= 15 is 0 Å². The molecular weight excluding hydrogens is 710 g/mol. The predicted octanol–water partition coefficient (Wildman–Crippen LogP) is 5.91. The lowest BCUT2D eigenvalue weighted by molar-refractivity contribution is -0.125. The lowest BCUT2D eigenvalue weighted by atomic mass is 10.0. The van der Waals surface area contributed by atoms with Gasteiger partial charge >= 0.3 is 0 Å². The molecule has 0 radical (unpaired) electrons. The molecular formula is C25H33Br4N3O3. The molecule has 2 rings (SSSR count). The molecule has 1 N–H and O–H groups in total. The van der Waals surface area contributed by atoms with Crippen molar-refractivity contribution in [3.05, 3.63) is 53.3 Å². The third-order valence-electron chi connectivity index (χ3n) is 5.38. The number of benzene rings is 2. The lowest BCUT2D eigenvalue weighted by Gasteiger charge is -2.24. The van der Waals surface area contributed by atoms with Crippen molar-refractivity contribution in [2.75, 3.05) is 55.0 Å². The fourth-order valence-corrected chi connectivity index (χ4v) is 6.67. The summed E-state index contributed by atoms with van der Waals surface area (Å²) in [5.41, 5.74) is 2.14. The molecule has 0 unspecified atom stereocenters. The van der Waals surface area contributed by atoms with Crippen LogP contribution in [0.5, 0.6) is 11.5 Å². The van der Waals surface area contributed by atoms with Gasteiger partial charge in [0.05, 0.1) is 37.6 Å². The van der Waals surface area contributed by atoms with Gasteiger partial charge < -0.3 is 19.7 Å². The molecule has 35 heavy (non-hydrogen) atoms. The van der Waals surface area contributed by atoms with Crippen LogP contribution in [0.4, 0.5) is 0 Å². The molecule has 10 heteroatoms. The molecule has 194 valence electrons. The van der Waals surface area contributed by atoms with Crippen molar-refractivity contribution < 1.29 is 14.3 Å². The minimum absolute atomic E-state index is 0.00274. The number of rotatable bonds is 13. The fourth-order valence-electron chi connectivity index (χ4n) is 3.56. The molecule has 0 saturated heterocycles. The van der Waals surface area contributed by atoms with Gasteiger partial charge in [0.15, 0.2) is 0 Å². The van der Waals surface area contributed by atoms with Crippen LogP contribution in [0.2, 0.25) is 0 Å². The summed E-state index contributed by atoms with van der Waals surface area (Å²) in [6.45, 7) is 2.17. The average molecular weight is 743 g/mol. The summed E-state index contributed by atoms with van der Waals surface area (Å²) in [4.78, 5) is 17.1. The van der Waals surface area contributed by atoms with Crippen LogP contribution in [0.15, 0.2) is 42.2 Å². The standard InChI is InChI=1S/C25H33Br4N3O3/c1-31(2)9-6-10-35-24-20(28)11-16(12-21(24)29)7-8-30-25(33)22(32(3)4)15-17-13-18(26)23(34-5)19(27)14-17/h11-14,22H,6-10,15H2,1-5H3,(H,30,33)/t22-/m0/s1. The Morgan fingerprint density at radius 1 is 0.914 bits per heavy atom. The summed E-state index contributed by atoms with van der Waals surface area (Å²) in [5, 5.41) is 3.10. The minimum Gasteiger partial charge on any atom is -0.494 e. The zero-order valence-corrected chi connectivity index (χ0v) is 27.1. The minimum atomic E-state index is -0.293. The quantitative estimate of drug-likeness (QED) is 0.259. The SMILES string of the molecule is COc1c(Br)cc(C[C@@H](C(=O)NCCc2cc(Br)c(OCCCN(C)C)c(Br)c2)N(C)C)cc1Br. The number of hydrogen-bond donors (Lipinski definition) is 1. The number of hydrogen-bond acceptors (Lipinski definition) is 5. The van der Waals surface area contributed by atoms with Gasteiger partial charge in [0.1, 0.15) is 11.5 Å². The van der Waals surface area contributed by atoms with Crippen LogP contribution in [0, 0.1) is 0 Å². The molecule has 1 atom stereocenters. The maximum atomic E-state index is 13.0. The Bertz CT molecular complexity index is 956. The second-order valence-electron chi connectivity index (χ2n) is 8.71. The predicted molar refractivity (Wildman–Crippen MR) is 157 cm³/mol. The van der Waals surface area contributed by atoms with Crippen molar-refractivity contribution >= 4 is 69.6 Å². The summed E-state index contributed by atoms with van der Waals surface area (Å²) < 4.78 is 14.8. The fraction of sp³-hybridized carbons (Fsp3) is 0.480. The van der Waals surface area contributed by atoms with E-state index in [9.17, 15) is 4.79 Å². The van der Waals surface area contributed by atoms with Gasteiger partial charge in [-0.1, -0.05) is 0 Å². The molecule has 0 aromatic heterocycles. The van der Waals surface area contributed by atoms with Gasteiger partial charge in [0.2, 0.25) is 5.91 Å². The van der Waals surface area contributed by atoms with Crippen LogP contribution in [0.25, 0.3) is 0 Å². The Labute approximate surface area is 242 Å². The molecule has 0 saturated carbocycles. The normalized spacial score (nSPS) is 12.2. The number of carbonyl (C=O) groups is 1. The van der Waals surface area contributed by atoms with Crippen molar-refractivity contribution in [1.82, 2.24) is 15.1 Å². The smallest absolute Gasteiger partial charge is 0.237 e. The molecule has 0 bridgehead atoms. The maximum Gasteiger partial charge on any atom is 0.237 e. The first-order valence-corrected chi connectivity index (χ1v) is 14.4. The highest BCUT2D eigenvalue weighted by atomic mass is 79.9. The van der Waals surface area contributed by atoms with Crippen LogP contribution < -0.4 is 14.8 Å². The van der Waals surface area contributed by atoms with Crippen molar-refractivity contribution in [2.45, 2.75) is 25.3 Å². The second kappa shape index (κ2) is 14.9. The summed E-state index contributed by atoms with van der Waals surface area (Å²) in [6.07, 6.45) is 2.25. The first-order chi connectivity index (χ1) is 16.5. The summed E-state index contributed by atoms with van der Waals surface area (Å²) in [5.74, 6) is 1.54. The number of ether oxygens (including phenoxy) is 2. The van der Waals surface area contributed by atoms with E-state index in [1.54, 1.807) is 7.11 Å². The van der Waals surface area contributed by atoms with E-state index in [1.807, 2.05) is 43.3 Å². The third kappa shape index (κ3) is 9.63. The number of carbonyl (C=O) groups excluding carboxylic acids is 1. The number of nitrogens with one attached hydrogen (secondary N) is 1. The van der Waals surface area contributed by atoms with Crippen molar-refractivity contribution in [3.8, 4) is 11.5 Å². The zero-order chi connectivity index (χ0) is 26.1. The Kier molecular flexibility index (Phi) is 13.0. The van der Waals surface area contributed by atoms with Gasteiger partial charge in [-0.3, -0.25) is 9.69 Å². The van der Waals surface area contributed by atoms with Crippen LogP contribution in [-0.2, 0) is 17.6 Å². The first kappa shape index (κ1) is 30.6. The molecule has 0 heterocycles. The Balaban J connectivity index is 1.95. The van der Waals surface area contributed by atoms with Gasteiger partial charge in [-0.15, -0.1) is 0 Å². The topological polar surface area (TPSA) is 54.0 Å². The second-order valence-corrected chi connectivity index (χ2v) is 12.1. The van der Waals surface area contributed by atoms with E-state index in [4.69, 9.17) is 9.47 Å². The highest BCUT2D eigenvalue weighted by Crippen LogP contribution is 2.36. The van der Waals surface area contributed by atoms with E-state index in [-0.39, 0.29) is 11.9 Å².